The minimum absolute atomic E-state index is 0.287. The van der Waals surface area contributed by atoms with Gasteiger partial charge in [0.15, 0.2) is 0 Å². The molecule has 0 fully saturated rings. The first-order chi connectivity index (χ1) is 4.79. The summed E-state index contributed by atoms with van der Waals surface area (Å²) in [5.41, 5.74) is 0. The van der Waals surface area contributed by atoms with E-state index in [4.69, 9.17) is 10.4 Å². The van der Waals surface area contributed by atoms with Crippen molar-refractivity contribution in [1.82, 2.24) is 0 Å². The van der Waals surface area contributed by atoms with Crippen molar-refractivity contribution < 1.29 is 19.9 Å². The average molecular weight is 148 g/mol. The van der Waals surface area contributed by atoms with Gasteiger partial charge < -0.3 is 19.9 Å². The van der Waals surface area contributed by atoms with E-state index >= 15 is 0 Å². The minimum atomic E-state index is -0.287. The van der Waals surface area contributed by atoms with Gasteiger partial charge in [-0.1, -0.05) is 0 Å². The third-order valence-corrected chi connectivity index (χ3v) is 0.751. The molecule has 6 heteroatoms. The van der Waals surface area contributed by atoms with Gasteiger partial charge >= 0.3 is 11.8 Å². The highest BCUT2D eigenvalue weighted by atomic mass is 16.6. The zero-order chi connectivity index (χ0) is 7.98. The Kier molecular flexibility index (Phi) is 3.78. The maximum atomic E-state index is 8.15. The maximum absolute atomic E-state index is 8.15. The van der Waals surface area contributed by atoms with Gasteiger partial charge in [0, 0.05) is 0 Å². The molecule has 0 aliphatic rings. The summed E-state index contributed by atoms with van der Waals surface area (Å²) in [7, 11) is 2.50. The topological polar surface area (TPSA) is 83.6 Å². The first kappa shape index (κ1) is 8.54. The predicted molar refractivity (Wildman–Crippen MR) is 32.5 cm³/mol. The molecule has 0 radical (unpaired) electrons. The Morgan fingerprint density at radius 3 is 1.40 bits per heavy atom. The standard InChI is InChI=1S/C4H8N2O4/c1-9-3(5-7)4(6-8)10-2/h7-8H,1-2H3/b5-3+,6-4+. The highest BCUT2D eigenvalue weighted by Gasteiger charge is 2.09. The second kappa shape index (κ2) is 4.42. The number of rotatable bonds is 0. The Labute approximate surface area is 57.3 Å². The van der Waals surface area contributed by atoms with Crippen LogP contribution in [-0.2, 0) is 9.47 Å². The molecular weight excluding hydrogens is 140 g/mol. The molecule has 0 heterocycles. The van der Waals surface area contributed by atoms with Gasteiger partial charge in [0.25, 0.3) is 0 Å². The molecule has 0 aromatic heterocycles. The van der Waals surface area contributed by atoms with E-state index in [-0.39, 0.29) is 11.8 Å². The zero-order valence-corrected chi connectivity index (χ0v) is 5.61. The molecule has 0 spiro atoms. The van der Waals surface area contributed by atoms with E-state index in [1.54, 1.807) is 0 Å². The van der Waals surface area contributed by atoms with Gasteiger partial charge in [-0.15, -0.1) is 0 Å². The van der Waals surface area contributed by atoms with Gasteiger partial charge in [0.2, 0.25) is 0 Å². The lowest BCUT2D eigenvalue weighted by Gasteiger charge is -2.01. The van der Waals surface area contributed by atoms with Crippen LogP contribution in [-0.4, -0.2) is 36.4 Å². The Morgan fingerprint density at radius 2 is 1.30 bits per heavy atom. The first-order valence-corrected chi connectivity index (χ1v) is 2.32. The molecule has 0 atom stereocenters. The lowest BCUT2D eigenvalue weighted by Crippen LogP contribution is -2.18. The zero-order valence-electron chi connectivity index (χ0n) is 5.61. The van der Waals surface area contributed by atoms with Crippen LogP contribution in [0.5, 0.6) is 0 Å². The summed E-state index contributed by atoms with van der Waals surface area (Å²) in [5, 5.41) is 21.6. The second-order valence-electron chi connectivity index (χ2n) is 1.22. The second-order valence-corrected chi connectivity index (χ2v) is 1.22. The molecule has 0 aromatic carbocycles. The molecule has 0 aliphatic carbocycles. The Balaban J connectivity index is 4.27. The Morgan fingerprint density at radius 1 is 1.00 bits per heavy atom. The van der Waals surface area contributed by atoms with E-state index < -0.39 is 0 Å². The summed E-state index contributed by atoms with van der Waals surface area (Å²) in [4.78, 5) is 0. The lowest BCUT2D eigenvalue weighted by atomic mass is 10.6. The highest BCUT2D eigenvalue weighted by Crippen LogP contribution is 1.85. The van der Waals surface area contributed by atoms with Gasteiger partial charge in [-0.05, 0) is 10.3 Å². The van der Waals surface area contributed by atoms with Crippen LogP contribution in [0.25, 0.3) is 0 Å². The monoisotopic (exact) mass is 148 g/mol. The summed E-state index contributed by atoms with van der Waals surface area (Å²) >= 11 is 0. The van der Waals surface area contributed by atoms with Crippen molar-refractivity contribution in [3.05, 3.63) is 0 Å². The molecular formula is C4H8N2O4. The smallest absolute Gasteiger partial charge is 0.316 e. The molecule has 0 aromatic rings. The summed E-state index contributed by atoms with van der Waals surface area (Å²) in [6.45, 7) is 0. The van der Waals surface area contributed by atoms with Crippen molar-refractivity contribution in [3.8, 4) is 0 Å². The van der Waals surface area contributed by atoms with E-state index in [0.29, 0.717) is 0 Å². The third kappa shape index (κ3) is 1.81. The molecule has 10 heavy (non-hydrogen) atoms. The first-order valence-electron chi connectivity index (χ1n) is 2.32. The third-order valence-electron chi connectivity index (χ3n) is 0.751. The summed E-state index contributed by atoms with van der Waals surface area (Å²) in [5.74, 6) is -0.574. The van der Waals surface area contributed by atoms with Gasteiger partial charge in [0.05, 0.1) is 14.2 Å². The predicted octanol–water partition coefficient (Wildman–Crippen LogP) is -0.145. The molecule has 0 bridgehead atoms. The lowest BCUT2D eigenvalue weighted by molar-refractivity contribution is 0.266. The number of oxime groups is 2. The average Bonchev–Trinajstić information content (AvgIpc) is 2.00. The minimum Gasteiger partial charge on any atom is -0.475 e. The molecule has 6 nitrogen and oxygen atoms in total. The molecule has 0 saturated heterocycles. The van der Waals surface area contributed by atoms with Crippen molar-refractivity contribution in [2.75, 3.05) is 14.2 Å². The van der Waals surface area contributed by atoms with E-state index in [0.717, 1.165) is 0 Å². The van der Waals surface area contributed by atoms with E-state index in [1.165, 1.54) is 14.2 Å². The van der Waals surface area contributed by atoms with Crippen LogP contribution in [0.15, 0.2) is 10.3 Å². The van der Waals surface area contributed by atoms with Crippen molar-refractivity contribution in [1.29, 1.82) is 0 Å². The SMILES string of the molecule is COC(=N/O)/C(=N\O)OC. The molecule has 0 saturated carbocycles. The molecule has 0 rings (SSSR count). The van der Waals surface area contributed by atoms with Crippen LogP contribution >= 0.6 is 0 Å². The fourth-order valence-corrected chi connectivity index (χ4v) is 0.342. The number of hydrogen-bond acceptors (Lipinski definition) is 6. The fraction of sp³-hybridized carbons (Fsp3) is 0.500. The summed E-state index contributed by atoms with van der Waals surface area (Å²) < 4.78 is 8.86. The molecule has 0 amide bonds. The normalized spacial score (nSPS) is 13.0. The number of nitrogens with zero attached hydrogens (tertiary/aromatic N) is 2. The highest BCUT2D eigenvalue weighted by molar-refractivity contribution is 6.34. The van der Waals surface area contributed by atoms with Crippen molar-refractivity contribution in [2.24, 2.45) is 10.3 Å². The quantitative estimate of drug-likeness (QED) is 0.216. The Bertz CT molecular complexity index is 135. The van der Waals surface area contributed by atoms with Gasteiger partial charge in [-0.3, -0.25) is 0 Å². The van der Waals surface area contributed by atoms with Crippen LogP contribution in [0.3, 0.4) is 0 Å². The summed E-state index contributed by atoms with van der Waals surface area (Å²) in [6, 6.07) is 0. The Hall–Kier alpha value is -1.46. The van der Waals surface area contributed by atoms with Crippen LogP contribution in [0.1, 0.15) is 0 Å². The molecule has 0 unspecified atom stereocenters. The van der Waals surface area contributed by atoms with Gasteiger partial charge in [-0.25, -0.2) is 0 Å². The van der Waals surface area contributed by atoms with Crippen LogP contribution in [0.2, 0.25) is 0 Å². The molecule has 2 N–H and O–H groups in total. The largest absolute Gasteiger partial charge is 0.475 e. The number of methoxy groups -OCH3 is 2. The van der Waals surface area contributed by atoms with Crippen molar-refractivity contribution >= 4 is 11.8 Å². The van der Waals surface area contributed by atoms with Crippen LogP contribution in [0.4, 0.5) is 0 Å². The van der Waals surface area contributed by atoms with Gasteiger partial charge in [0.1, 0.15) is 0 Å². The van der Waals surface area contributed by atoms with E-state index in [9.17, 15) is 0 Å². The molecule has 58 valence electrons. The fourth-order valence-electron chi connectivity index (χ4n) is 0.342. The summed E-state index contributed by atoms with van der Waals surface area (Å²) in [6.07, 6.45) is 0. The number of ether oxygens (including phenoxy) is 2. The van der Waals surface area contributed by atoms with Gasteiger partial charge in [-0.2, -0.15) is 0 Å². The maximum Gasteiger partial charge on any atom is 0.316 e. The van der Waals surface area contributed by atoms with E-state index in [2.05, 4.69) is 19.8 Å². The molecule has 0 aliphatic heterocycles. The van der Waals surface area contributed by atoms with E-state index in [1.807, 2.05) is 0 Å². The van der Waals surface area contributed by atoms with Crippen molar-refractivity contribution in [2.45, 2.75) is 0 Å². The van der Waals surface area contributed by atoms with Crippen LogP contribution in [0, 0.1) is 0 Å². The van der Waals surface area contributed by atoms with Crippen molar-refractivity contribution in [3.63, 3.8) is 0 Å². The number of hydrogen-bond donors (Lipinski definition) is 2. The van der Waals surface area contributed by atoms with Crippen LogP contribution < -0.4 is 0 Å².